The van der Waals surface area contributed by atoms with E-state index < -0.39 is 0 Å². The molecule has 3 unspecified atom stereocenters. The fourth-order valence-corrected chi connectivity index (χ4v) is 4.06. The van der Waals surface area contributed by atoms with Gasteiger partial charge >= 0.3 is 0 Å². The van der Waals surface area contributed by atoms with Gasteiger partial charge in [0, 0.05) is 25.2 Å². The van der Waals surface area contributed by atoms with Gasteiger partial charge in [0.25, 0.3) is 0 Å². The zero-order chi connectivity index (χ0) is 12.4. The smallest absolute Gasteiger partial charge is 0.0249 e. The normalized spacial score (nSPS) is 41.6. The second kappa shape index (κ2) is 5.71. The van der Waals surface area contributed by atoms with Crippen LogP contribution in [0.2, 0.25) is 0 Å². The quantitative estimate of drug-likeness (QED) is 0.819. The molecule has 1 saturated carbocycles. The van der Waals surface area contributed by atoms with Gasteiger partial charge in [-0.1, -0.05) is 26.7 Å². The maximum Gasteiger partial charge on any atom is 0.0249 e. The van der Waals surface area contributed by atoms with Crippen molar-refractivity contribution in [2.24, 2.45) is 23.5 Å². The largest absolute Gasteiger partial charge is 0.329 e. The predicted octanol–water partition coefficient (Wildman–Crippen LogP) is 2.87. The van der Waals surface area contributed by atoms with E-state index in [9.17, 15) is 0 Å². The minimum absolute atomic E-state index is 0.655. The van der Waals surface area contributed by atoms with Gasteiger partial charge in [0.1, 0.15) is 0 Å². The molecule has 1 heterocycles. The summed E-state index contributed by atoms with van der Waals surface area (Å²) in [5.74, 6) is 2.67. The van der Waals surface area contributed by atoms with Crippen LogP contribution in [0.1, 0.15) is 52.9 Å². The average molecular weight is 238 g/mol. The van der Waals surface area contributed by atoms with Gasteiger partial charge in [-0.2, -0.15) is 0 Å². The van der Waals surface area contributed by atoms with Crippen LogP contribution in [-0.4, -0.2) is 30.1 Å². The topological polar surface area (TPSA) is 29.3 Å². The van der Waals surface area contributed by atoms with Gasteiger partial charge in [-0.3, -0.25) is 4.90 Å². The van der Waals surface area contributed by atoms with Crippen molar-refractivity contribution in [2.75, 3.05) is 13.1 Å². The van der Waals surface area contributed by atoms with Crippen LogP contribution >= 0.6 is 0 Å². The van der Waals surface area contributed by atoms with Gasteiger partial charge in [0.2, 0.25) is 0 Å². The van der Waals surface area contributed by atoms with Crippen LogP contribution in [0.25, 0.3) is 0 Å². The van der Waals surface area contributed by atoms with E-state index in [1.165, 1.54) is 38.6 Å². The van der Waals surface area contributed by atoms with Gasteiger partial charge in [-0.15, -0.1) is 0 Å². The molecule has 0 spiro atoms. The van der Waals surface area contributed by atoms with E-state index in [-0.39, 0.29) is 0 Å². The number of nitrogens with two attached hydrogens (primary N) is 1. The molecule has 2 aliphatic rings. The summed E-state index contributed by atoms with van der Waals surface area (Å²) < 4.78 is 0. The molecule has 1 aliphatic heterocycles. The molecule has 17 heavy (non-hydrogen) atoms. The Kier molecular flexibility index (Phi) is 4.48. The Morgan fingerprint density at radius 2 is 1.71 bits per heavy atom. The highest BCUT2D eigenvalue weighted by Gasteiger charge is 2.36. The highest BCUT2D eigenvalue weighted by molar-refractivity contribution is 4.90. The average Bonchev–Trinajstić information content (AvgIpc) is 2.62. The van der Waals surface area contributed by atoms with Crippen LogP contribution < -0.4 is 5.73 Å². The zero-order valence-electron chi connectivity index (χ0n) is 11.9. The van der Waals surface area contributed by atoms with Gasteiger partial charge in [-0.25, -0.2) is 0 Å². The Labute approximate surface area is 107 Å². The molecule has 0 aromatic rings. The van der Waals surface area contributed by atoms with E-state index >= 15 is 0 Å². The van der Waals surface area contributed by atoms with E-state index in [1.54, 1.807) is 0 Å². The molecule has 2 fully saturated rings. The number of hydrogen-bond acceptors (Lipinski definition) is 2. The van der Waals surface area contributed by atoms with Crippen LogP contribution in [0.4, 0.5) is 0 Å². The summed E-state index contributed by atoms with van der Waals surface area (Å²) in [6.45, 7) is 9.30. The van der Waals surface area contributed by atoms with Gasteiger partial charge in [-0.05, 0) is 43.9 Å². The van der Waals surface area contributed by atoms with Crippen molar-refractivity contribution in [3.63, 3.8) is 0 Å². The predicted molar refractivity (Wildman–Crippen MR) is 73.9 cm³/mol. The summed E-state index contributed by atoms with van der Waals surface area (Å²) >= 11 is 0. The Bertz CT molecular complexity index is 233. The minimum Gasteiger partial charge on any atom is -0.329 e. The lowest BCUT2D eigenvalue weighted by atomic mass is 9.78. The summed E-state index contributed by atoms with van der Waals surface area (Å²) in [6, 6.07) is 1.40. The number of hydrogen-bond donors (Lipinski definition) is 1. The van der Waals surface area contributed by atoms with Gasteiger partial charge < -0.3 is 5.73 Å². The zero-order valence-corrected chi connectivity index (χ0v) is 11.9. The SMILES string of the molecule is CC1CCC(C(CN)N2CC(C)CC2C)CC1. The van der Waals surface area contributed by atoms with Crippen molar-refractivity contribution in [2.45, 2.75) is 65.0 Å². The molecule has 0 bridgehead atoms. The molecule has 2 heteroatoms. The summed E-state index contributed by atoms with van der Waals surface area (Å²) in [6.07, 6.45) is 7.00. The first-order valence-electron chi connectivity index (χ1n) is 7.57. The first-order valence-corrected chi connectivity index (χ1v) is 7.57. The second-order valence-electron chi connectivity index (χ2n) is 6.71. The van der Waals surface area contributed by atoms with Crippen LogP contribution in [0.5, 0.6) is 0 Å². The molecule has 1 saturated heterocycles. The maximum atomic E-state index is 6.08. The lowest BCUT2D eigenvalue weighted by Crippen LogP contribution is -2.48. The second-order valence-corrected chi connectivity index (χ2v) is 6.71. The van der Waals surface area contributed by atoms with Crippen LogP contribution in [-0.2, 0) is 0 Å². The molecule has 100 valence electrons. The van der Waals surface area contributed by atoms with E-state index in [0.717, 1.165) is 30.3 Å². The van der Waals surface area contributed by atoms with Crippen molar-refractivity contribution >= 4 is 0 Å². The van der Waals surface area contributed by atoms with Crippen molar-refractivity contribution in [3.8, 4) is 0 Å². The summed E-state index contributed by atoms with van der Waals surface area (Å²) in [5.41, 5.74) is 6.08. The van der Waals surface area contributed by atoms with Crippen LogP contribution in [0.3, 0.4) is 0 Å². The molecule has 0 aromatic carbocycles. The van der Waals surface area contributed by atoms with Crippen molar-refractivity contribution < 1.29 is 0 Å². The molecular formula is C15H30N2. The molecule has 2 nitrogen and oxygen atoms in total. The molecular weight excluding hydrogens is 208 g/mol. The number of rotatable bonds is 3. The van der Waals surface area contributed by atoms with Crippen LogP contribution in [0.15, 0.2) is 0 Å². The Hall–Kier alpha value is -0.0800. The maximum absolute atomic E-state index is 6.08. The summed E-state index contributed by atoms with van der Waals surface area (Å²) in [4.78, 5) is 2.71. The van der Waals surface area contributed by atoms with Crippen molar-refractivity contribution in [1.82, 2.24) is 4.90 Å². The molecule has 0 amide bonds. The summed E-state index contributed by atoms with van der Waals surface area (Å²) in [7, 11) is 0. The van der Waals surface area contributed by atoms with E-state index in [4.69, 9.17) is 5.73 Å². The van der Waals surface area contributed by atoms with Crippen molar-refractivity contribution in [3.05, 3.63) is 0 Å². The Morgan fingerprint density at radius 1 is 1.06 bits per heavy atom. The Morgan fingerprint density at radius 3 is 2.18 bits per heavy atom. The monoisotopic (exact) mass is 238 g/mol. The molecule has 0 aromatic heterocycles. The molecule has 2 rings (SSSR count). The summed E-state index contributed by atoms with van der Waals surface area (Å²) in [5, 5.41) is 0. The number of nitrogens with zero attached hydrogens (tertiary/aromatic N) is 1. The fraction of sp³-hybridized carbons (Fsp3) is 1.00. The van der Waals surface area contributed by atoms with Crippen LogP contribution in [0, 0.1) is 17.8 Å². The highest BCUT2D eigenvalue weighted by Crippen LogP contribution is 2.35. The number of likely N-dealkylation sites (tertiary alicyclic amines) is 1. The molecule has 1 aliphatic carbocycles. The van der Waals surface area contributed by atoms with E-state index in [0.29, 0.717) is 6.04 Å². The van der Waals surface area contributed by atoms with Gasteiger partial charge in [0.05, 0.1) is 0 Å². The minimum atomic E-state index is 0.655. The third kappa shape index (κ3) is 3.03. The lowest BCUT2D eigenvalue weighted by Gasteiger charge is -2.39. The van der Waals surface area contributed by atoms with Crippen molar-refractivity contribution in [1.29, 1.82) is 0 Å². The van der Waals surface area contributed by atoms with E-state index in [2.05, 4.69) is 25.7 Å². The Balaban J connectivity index is 1.96. The van der Waals surface area contributed by atoms with Gasteiger partial charge in [0.15, 0.2) is 0 Å². The third-order valence-corrected chi connectivity index (χ3v) is 5.10. The lowest BCUT2D eigenvalue weighted by molar-refractivity contribution is 0.105. The molecule has 3 atom stereocenters. The first-order chi connectivity index (χ1) is 8.11. The highest BCUT2D eigenvalue weighted by atomic mass is 15.2. The standard InChI is InChI=1S/C15H30N2/c1-11-4-6-14(7-5-11)15(9-16)17-10-12(2)8-13(17)3/h11-15H,4-10,16H2,1-3H3. The molecule has 0 radical (unpaired) electrons. The molecule has 2 N–H and O–H groups in total. The third-order valence-electron chi connectivity index (χ3n) is 5.10. The first kappa shape index (κ1) is 13.4. The van der Waals surface area contributed by atoms with E-state index in [1.807, 2.05) is 0 Å². The fourth-order valence-electron chi connectivity index (χ4n) is 4.06.